The van der Waals surface area contributed by atoms with Gasteiger partial charge in [-0.15, -0.1) is 0 Å². The molecule has 1 N–H and O–H groups in total. The van der Waals surface area contributed by atoms with Crippen molar-refractivity contribution < 1.29 is 14.3 Å². The van der Waals surface area contributed by atoms with Crippen molar-refractivity contribution in [1.82, 2.24) is 5.32 Å². The van der Waals surface area contributed by atoms with Gasteiger partial charge in [-0.2, -0.15) is 0 Å². The molecule has 0 unspecified atom stereocenters. The first-order valence-electron chi connectivity index (χ1n) is 8.25. The number of hydrogen-bond donors (Lipinski definition) is 1. The van der Waals surface area contributed by atoms with Gasteiger partial charge in [0.2, 0.25) is 5.91 Å². The first-order chi connectivity index (χ1) is 11.1. The molecule has 23 heavy (non-hydrogen) atoms. The normalized spacial score (nSPS) is 25.0. The summed E-state index contributed by atoms with van der Waals surface area (Å²) < 4.78 is 5.57. The Morgan fingerprint density at radius 2 is 1.87 bits per heavy atom. The van der Waals surface area contributed by atoms with Crippen molar-refractivity contribution in [2.45, 2.75) is 39.2 Å². The molecular weight excluding hydrogens is 290 g/mol. The van der Waals surface area contributed by atoms with Crippen LogP contribution in [0.1, 0.15) is 44.8 Å². The average molecular weight is 315 g/mol. The maximum atomic E-state index is 12.4. The molecule has 1 amide bonds. The zero-order chi connectivity index (χ0) is 16.7. The van der Waals surface area contributed by atoms with Crippen LogP contribution in [0.4, 0.5) is 0 Å². The van der Waals surface area contributed by atoms with E-state index in [0.29, 0.717) is 25.8 Å². The van der Waals surface area contributed by atoms with Crippen LogP contribution in [0.15, 0.2) is 42.5 Å². The van der Waals surface area contributed by atoms with Gasteiger partial charge < -0.3 is 10.1 Å². The summed E-state index contributed by atoms with van der Waals surface area (Å²) in [6.07, 6.45) is 5.22. The number of cyclic esters (lactones) is 1. The van der Waals surface area contributed by atoms with Crippen molar-refractivity contribution in [1.29, 1.82) is 0 Å². The van der Waals surface area contributed by atoms with Crippen LogP contribution in [0.5, 0.6) is 0 Å². The van der Waals surface area contributed by atoms with E-state index >= 15 is 0 Å². The Labute approximate surface area is 137 Å². The second kappa shape index (κ2) is 8.51. The topological polar surface area (TPSA) is 55.4 Å². The largest absolute Gasteiger partial charge is 0.456 e. The van der Waals surface area contributed by atoms with Crippen molar-refractivity contribution in [2.24, 2.45) is 11.8 Å². The van der Waals surface area contributed by atoms with Crippen LogP contribution in [0.2, 0.25) is 0 Å². The highest BCUT2D eigenvalue weighted by Crippen LogP contribution is 2.21. The molecule has 0 fully saturated rings. The first kappa shape index (κ1) is 17.3. The maximum Gasteiger partial charge on any atom is 0.306 e. The predicted molar refractivity (Wildman–Crippen MR) is 89.6 cm³/mol. The molecule has 1 aliphatic heterocycles. The molecule has 0 aromatic heterocycles. The van der Waals surface area contributed by atoms with Crippen molar-refractivity contribution in [2.75, 3.05) is 6.54 Å². The van der Waals surface area contributed by atoms with Crippen molar-refractivity contribution in [3.05, 3.63) is 48.0 Å². The lowest BCUT2D eigenvalue weighted by Crippen LogP contribution is -2.37. The fraction of sp³-hybridized carbons (Fsp3) is 0.474. The number of carbonyl (C=O) groups is 2. The van der Waals surface area contributed by atoms with Gasteiger partial charge >= 0.3 is 5.97 Å². The minimum absolute atomic E-state index is 0.0159. The molecule has 1 aromatic rings. The number of hydrogen-bond acceptors (Lipinski definition) is 3. The van der Waals surface area contributed by atoms with E-state index in [0.717, 1.165) is 5.56 Å². The van der Waals surface area contributed by atoms with Gasteiger partial charge in [-0.05, 0) is 24.3 Å². The molecule has 2 rings (SSSR count). The van der Waals surface area contributed by atoms with E-state index in [1.807, 2.05) is 42.5 Å². The lowest BCUT2D eigenvalue weighted by molar-refractivity contribution is -0.150. The van der Waals surface area contributed by atoms with Gasteiger partial charge in [-0.25, -0.2) is 0 Å². The summed E-state index contributed by atoms with van der Waals surface area (Å²) in [5, 5.41) is 2.95. The standard InChI is InChI=1S/C19H25NO3/c1-14(2)16-11-7-4-8-12-18(21)23-17(13-20-19(16)22)15-9-5-3-6-10-15/h3-7,9-10,14,16-17H,8,11-13H2,1-2H3,(H,20,22)/b7-4+/t16-,17-/m0/s1. The minimum atomic E-state index is -0.441. The average Bonchev–Trinajstić information content (AvgIpc) is 2.53. The first-order valence-corrected chi connectivity index (χ1v) is 8.25. The molecule has 2 atom stereocenters. The Morgan fingerprint density at radius 1 is 1.13 bits per heavy atom. The minimum Gasteiger partial charge on any atom is -0.456 e. The molecule has 0 bridgehead atoms. The van der Waals surface area contributed by atoms with Crippen LogP contribution in [0.25, 0.3) is 0 Å². The molecule has 124 valence electrons. The number of esters is 1. The quantitative estimate of drug-likeness (QED) is 0.672. The highest BCUT2D eigenvalue weighted by molar-refractivity contribution is 5.79. The summed E-state index contributed by atoms with van der Waals surface area (Å²) in [5.41, 5.74) is 0.898. The highest BCUT2D eigenvalue weighted by Gasteiger charge is 2.24. The number of nitrogens with one attached hydrogen (secondary N) is 1. The lowest BCUT2D eigenvalue weighted by atomic mass is 9.91. The number of carbonyl (C=O) groups excluding carboxylic acids is 2. The highest BCUT2D eigenvalue weighted by atomic mass is 16.5. The third kappa shape index (κ3) is 5.23. The maximum absolute atomic E-state index is 12.4. The van der Waals surface area contributed by atoms with Crippen LogP contribution in [-0.4, -0.2) is 18.4 Å². The van der Waals surface area contributed by atoms with Gasteiger partial charge in [0, 0.05) is 12.3 Å². The summed E-state index contributed by atoms with van der Waals surface area (Å²) >= 11 is 0. The van der Waals surface area contributed by atoms with E-state index < -0.39 is 6.10 Å². The zero-order valence-corrected chi connectivity index (χ0v) is 13.8. The van der Waals surface area contributed by atoms with Gasteiger partial charge in [-0.1, -0.05) is 56.3 Å². The van der Waals surface area contributed by atoms with Gasteiger partial charge in [0.25, 0.3) is 0 Å². The predicted octanol–water partition coefficient (Wildman–Crippen LogP) is 3.40. The van der Waals surface area contributed by atoms with Gasteiger partial charge in [0.15, 0.2) is 0 Å². The van der Waals surface area contributed by atoms with Gasteiger partial charge in [0.05, 0.1) is 6.54 Å². The number of rotatable bonds is 2. The molecular formula is C19H25NO3. The molecule has 4 nitrogen and oxygen atoms in total. The summed E-state index contributed by atoms with van der Waals surface area (Å²) in [4.78, 5) is 24.4. The fourth-order valence-electron chi connectivity index (χ4n) is 2.68. The SMILES string of the molecule is CC(C)[C@@H]1C/C=C/CCC(=O)O[C@H](c2ccccc2)CNC1=O. The Bertz CT molecular complexity index is 551. The Balaban J connectivity index is 2.17. The summed E-state index contributed by atoms with van der Waals surface area (Å²) in [5.74, 6) is -0.0148. The molecule has 0 saturated carbocycles. The fourth-order valence-corrected chi connectivity index (χ4v) is 2.68. The summed E-state index contributed by atoms with van der Waals surface area (Å²) in [7, 11) is 0. The van der Waals surface area contributed by atoms with E-state index in [1.165, 1.54) is 0 Å². The van der Waals surface area contributed by atoms with Crippen LogP contribution in [-0.2, 0) is 14.3 Å². The van der Waals surface area contributed by atoms with Crippen molar-refractivity contribution >= 4 is 11.9 Å². The van der Waals surface area contributed by atoms with Crippen molar-refractivity contribution in [3.8, 4) is 0 Å². The number of allylic oxidation sites excluding steroid dienone is 2. The van der Waals surface area contributed by atoms with Crippen LogP contribution in [0, 0.1) is 11.8 Å². The number of benzene rings is 1. The zero-order valence-electron chi connectivity index (χ0n) is 13.8. The molecule has 1 aliphatic rings. The monoisotopic (exact) mass is 315 g/mol. The van der Waals surface area contributed by atoms with E-state index in [4.69, 9.17) is 4.74 Å². The molecule has 0 aliphatic carbocycles. The molecule has 0 radical (unpaired) electrons. The smallest absolute Gasteiger partial charge is 0.306 e. The Morgan fingerprint density at radius 3 is 2.57 bits per heavy atom. The third-order valence-electron chi connectivity index (χ3n) is 4.12. The Hall–Kier alpha value is -2.10. The third-order valence-corrected chi connectivity index (χ3v) is 4.12. The van der Waals surface area contributed by atoms with E-state index in [9.17, 15) is 9.59 Å². The lowest BCUT2D eigenvalue weighted by Gasteiger charge is -2.23. The molecule has 1 aromatic carbocycles. The van der Waals surface area contributed by atoms with E-state index in [1.54, 1.807) is 0 Å². The second-order valence-corrected chi connectivity index (χ2v) is 6.23. The molecule has 1 heterocycles. The summed E-state index contributed by atoms with van der Waals surface area (Å²) in [6.45, 7) is 4.42. The van der Waals surface area contributed by atoms with Gasteiger partial charge in [0.1, 0.15) is 6.10 Å². The number of ether oxygens (including phenoxy) is 1. The second-order valence-electron chi connectivity index (χ2n) is 6.23. The van der Waals surface area contributed by atoms with Crippen LogP contribution >= 0.6 is 0 Å². The summed E-state index contributed by atoms with van der Waals surface area (Å²) in [6, 6.07) is 9.55. The van der Waals surface area contributed by atoms with Crippen molar-refractivity contribution in [3.63, 3.8) is 0 Å². The number of amides is 1. The molecule has 0 spiro atoms. The molecule has 0 saturated heterocycles. The van der Waals surface area contributed by atoms with Crippen LogP contribution in [0.3, 0.4) is 0 Å². The van der Waals surface area contributed by atoms with Crippen LogP contribution < -0.4 is 5.32 Å². The Kier molecular flexibility index (Phi) is 6.39. The van der Waals surface area contributed by atoms with E-state index in [-0.39, 0.29) is 23.7 Å². The van der Waals surface area contributed by atoms with E-state index in [2.05, 4.69) is 19.2 Å². The van der Waals surface area contributed by atoms with Gasteiger partial charge in [-0.3, -0.25) is 9.59 Å². The molecule has 4 heteroatoms.